The van der Waals surface area contributed by atoms with Gasteiger partial charge < -0.3 is 4.57 Å². The molecule has 0 saturated heterocycles. The molecule has 6 heteroatoms. The Morgan fingerprint density at radius 3 is 1.18 bits per heavy atom. The molecule has 0 fully saturated rings. The van der Waals surface area contributed by atoms with Gasteiger partial charge in [-0.25, -0.2) is 24.9 Å². The fourth-order valence-electron chi connectivity index (χ4n) is 8.07. The van der Waals surface area contributed by atoms with Crippen LogP contribution in [0.2, 0.25) is 0 Å². The predicted molar refractivity (Wildman–Crippen MR) is 248 cm³/mol. The number of nitrogens with zero attached hydrogens (tertiary/aromatic N) is 6. The van der Waals surface area contributed by atoms with Crippen molar-refractivity contribution in [3.63, 3.8) is 0 Å². The van der Waals surface area contributed by atoms with Crippen molar-refractivity contribution in [2.45, 2.75) is 0 Å². The summed E-state index contributed by atoms with van der Waals surface area (Å²) in [7, 11) is 0. The first-order chi connectivity index (χ1) is 30.2. The minimum absolute atomic E-state index is 0.614. The van der Waals surface area contributed by atoms with Crippen LogP contribution < -0.4 is 0 Å². The van der Waals surface area contributed by atoms with Gasteiger partial charge in [-0.15, -0.1) is 0 Å². The summed E-state index contributed by atoms with van der Waals surface area (Å²) in [4.78, 5) is 25.2. The Morgan fingerprint density at radius 2 is 0.623 bits per heavy atom. The molecule has 0 bridgehead atoms. The normalized spacial score (nSPS) is 11.3. The van der Waals surface area contributed by atoms with E-state index in [1.54, 1.807) is 0 Å². The summed E-state index contributed by atoms with van der Waals surface area (Å²) < 4.78 is 2.33. The molecule has 0 spiro atoms. The zero-order chi connectivity index (χ0) is 40.5. The maximum Gasteiger partial charge on any atom is 0.164 e. The van der Waals surface area contributed by atoms with E-state index in [4.69, 9.17) is 24.9 Å². The summed E-state index contributed by atoms with van der Waals surface area (Å²) in [6.45, 7) is 0. The zero-order valence-electron chi connectivity index (χ0n) is 33.0. The van der Waals surface area contributed by atoms with E-state index in [0.717, 1.165) is 61.6 Å². The maximum absolute atomic E-state index is 5.22. The lowest BCUT2D eigenvalue weighted by Crippen LogP contribution is -2.00. The fraction of sp³-hybridized carbons (Fsp3) is 0. The lowest BCUT2D eigenvalue weighted by atomic mass is 9.99. The Balaban J connectivity index is 0.976. The van der Waals surface area contributed by atoms with Crippen LogP contribution in [0.5, 0.6) is 0 Å². The van der Waals surface area contributed by atoms with E-state index in [1.807, 2.05) is 78.9 Å². The van der Waals surface area contributed by atoms with Gasteiger partial charge in [0.25, 0.3) is 0 Å². The molecule has 0 aliphatic carbocycles. The van der Waals surface area contributed by atoms with E-state index in [2.05, 4.69) is 144 Å². The second-order valence-electron chi connectivity index (χ2n) is 14.9. The van der Waals surface area contributed by atoms with Crippen molar-refractivity contribution in [1.29, 1.82) is 0 Å². The molecule has 0 atom stereocenters. The van der Waals surface area contributed by atoms with Crippen LogP contribution in [0.4, 0.5) is 0 Å². The highest BCUT2D eigenvalue weighted by Crippen LogP contribution is 2.35. The number of hydrogen-bond acceptors (Lipinski definition) is 5. The molecule has 0 aliphatic heterocycles. The Kier molecular flexibility index (Phi) is 9.06. The average molecular weight is 781 g/mol. The number of aromatic nitrogens is 6. The van der Waals surface area contributed by atoms with Gasteiger partial charge in [-0.2, -0.15) is 0 Å². The standard InChI is InChI=1S/C55H36N6/c1-4-16-37(17-5-1)48-36-49(57-52(56-48)40-30-32-45(33-31-40)61-50-28-12-10-26-46(50)47-27-11-13-29-51(47)61)43-24-14-22-41(34-43)42-23-15-25-44(35-42)55-59-53(38-18-6-2-7-19-38)58-54(60-55)39-20-8-3-9-21-39/h1-36H. The lowest BCUT2D eigenvalue weighted by Gasteiger charge is -2.12. The number of para-hydroxylation sites is 2. The minimum atomic E-state index is 0.614. The summed E-state index contributed by atoms with van der Waals surface area (Å²) in [6, 6.07) is 75.2. The summed E-state index contributed by atoms with van der Waals surface area (Å²) >= 11 is 0. The van der Waals surface area contributed by atoms with E-state index in [0.29, 0.717) is 23.3 Å². The maximum atomic E-state index is 5.22. The second-order valence-corrected chi connectivity index (χ2v) is 14.9. The molecule has 61 heavy (non-hydrogen) atoms. The molecule has 0 amide bonds. The first-order valence-electron chi connectivity index (χ1n) is 20.3. The summed E-state index contributed by atoms with van der Waals surface area (Å²) in [5.74, 6) is 2.54. The molecule has 0 radical (unpaired) electrons. The quantitative estimate of drug-likeness (QED) is 0.154. The first kappa shape index (κ1) is 35.8. The third-order valence-corrected chi connectivity index (χ3v) is 11.1. The Morgan fingerprint density at radius 1 is 0.246 bits per heavy atom. The second kappa shape index (κ2) is 15.4. The molecule has 11 rings (SSSR count). The van der Waals surface area contributed by atoms with Crippen molar-refractivity contribution in [2.24, 2.45) is 0 Å². The summed E-state index contributed by atoms with van der Waals surface area (Å²) in [5, 5.41) is 2.47. The van der Waals surface area contributed by atoms with E-state index >= 15 is 0 Å². The fourth-order valence-corrected chi connectivity index (χ4v) is 8.07. The van der Waals surface area contributed by atoms with Crippen molar-refractivity contribution >= 4 is 21.8 Å². The van der Waals surface area contributed by atoms with E-state index in [-0.39, 0.29) is 0 Å². The van der Waals surface area contributed by atoms with Crippen LogP contribution in [0.1, 0.15) is 0 Å². The van der Waals surface area contributed by atoms with Crippen molar-refractivity contribution in [3.8, 4) is 84.9 Å². The predicted octanol–water partition coefficient (Wildman–Crippen LogP) is 13.4. The molecule has 0 aliphatic rings. The van der Waals surface area contributed by atoms with Crippen LogP contribution in [0.15, 0.2) is 218 Å². The van der Waals surface area contributed by atoms with Crippen molar-refractivity contribution in [1.82, 2.24) is 29.5 Å². The monoisotopic (exact) mass is 780 g/mol. The molecule has 3 aromatic heterocycles. The van der Waals surface area contributed by atoms with Crippen LogP contribution in [-0.4, -0.2) is 29.5 Å². The zero-order valence-corrected chi connectivity index (χ0v) is 33.0. The highest BCUT2D eigenvalue weighted by molar-refractivity contribution is 6.09. The smallest absolute Gasteiger partial charge is 0.164 e. The number of fused-ring (bicyclic) bond motifs is 3. The third-order valence-electron chi connectivity index (χ3n) is 11.1. The topological polar surface area (TPSA) is 69.4 Å². The first-order valence-corrected chi connectivity index (χ1v) is 20.3. The van der Waals surface area contributed by atoms with Gasteiger partial charge in [0.1, 0.15) is 0 Å². The third kappa shape index (κ3) is 6.92. The summed E-state index contributed by atoms with van der Waals surface area (Å²) in [6.07, 6.45) is 0. The van der Waals surface area contributed by atoms with Gasteiger partial charge in [-0.1, -0.05) is 164 Å². The van der Waals surface area contributed by atoms with Gasteiger partial charge >= 0.3 is 0 Å². The number of benzene rings is 8. The molecule has 11 aromatic rings. The van der Waals surface area contributed by atoms with Gasteiger partial charge in [0.05, 0.1) is 22.4 Å². The molecule has 3 heterocycles. The molecule has 0 N–H and O–H groups in total. The van der Waals surface area contributed by atoms with E-state index in [9.17, 15) is 0 Å². The SMILES string of the molecule is c1ccc(-c2cc(-c3cccc(-c4cccc(-c5nc(-c6ccccc6)nc(-c6ccccc6)n5)c4)c3)nc(-c3ccc(-n4c5ccccc5c5ccccc54)cc3)n2)cc1. The highest BCUT2D eigenvalue weighted by Gasteiger charge is 2.16. The van der Waals surface area contributed by atoms with Gasteiger partial charge in [-0.05, 0) is 65.7 Å². The molecule has 286 valence electrons. The average Bonchev–Trinajstić information content (AvgIpc) is 3.69. The van der Waals surface area contributed by atoms with Crippen molar-refractivity contribution in [3.05, 3.63) is 218 Å². The largest absolute Gasteiger partial charge is 0.309 e. The van der Waals surface area contributed by atoms with Crippen molar-refractivity contribution < 1.29 is 0 Å². The molecular formula is C55H36N6. The van der Waals surface area contributed by atoms with Gasteiger partial charge in [0, 0.05) is 49.8 Å². The van der Waals surface area contributed by atoms with Gasteiger partial charge in [0.15, 0.2) is 23.3 Å². The van der Waals surface area contributed by atoms with E-state index in [1.165, 1.54) is 21.8 Å². The Bertz CT molecular complexity index is 3230. The van der Waals surface area contributed by atoms with Crippen LogP contribution in [0.25, 0.3) is 107 Å². The highest BCUT2D eigenvalue weighted by atomic mass is 15.0. The van der Waals surface area contributed by atoms with Gasteiger partial charge in [0.2, 0.25) is 0 Å². The van der Waals surface area contributed by atoms with Gasteiger partial charge in [-0.3, -0.25) is 0 Å². The summed E-state index contributed by atoms with van der Waals surface area (Å²) in [5.41, 5.74) is 13.0. The Hall–Kier alpha value is -8.35. The molecule has 6 nitrogen and oxygen atoms in total. The van der Waals surface area contributed by atoms with Crippen LogP contribution in [0.3, 0.4) is 0 Å². The molecular weight excluding hydrogens is 745 g/mol. The Labute approximate surface area is 353 Å². The number of rotatable bonds is 8. The minimum Gasteiger partial charge on any atom is -0.309 e. The van der Waals surface area contributed by atoms with E-state index < -0.39 is 0 Å². The van der Waals surface area contributed by atoms with Crippen LogP contribution >= 0.6 is 0 Å². The molecule has 8 aromatic carbocycles. The lowest BCUT2D eigenvalue weighted by molar-refractivity contribution is 1.07. The molecule has 0 unspecified atom stereocenters. The molecule has 0 saturated carbocycles. The van der Waals surface area contributed by atoms with Crippen LogP contribution in [-0.2, 0) is 0 Å². The number of hydrogen-bond donors (Lipinski definition) is 0. The van der Waals surface area contributed by atoms with Crippen molar-refractivity contribution in [2.75, 3.05) is 0 Å². The van der Waals surface area contributed by atoms with Crippen LogP contribution in [0, 0.1) is 0 Å².